The molecule has 31 heavy (non-hydrogen) atoms. The number of hydrogen-bond acceptors (Lipinski definition) is 7. The van der Waals surface area contributed by atoms with Gasteiger partial charge in [0, 0.05) is 6.92 Å². The van der Waals surface area contributed by atoms with Gasteiger partial charge in [-0.25, -0.2) is 0 Å². The quantitative estimate of drug-likeness (QED) is 0.527. The first-order valence-electron chi connectivity index (χ1n) is 10.1. The number of rotatable bonds is 6. The molecule has 2 heterocycles. The molecule has 0 aliphatic carbocycles. The van der Waals surface area contributed by atoms with E-state index in [2.05, 4.69) is 5.32 Å². The number of benzene rings is 2. The van der Waals surface area contributed by atoms with Crippen molar-refractivity contribution in [3.05, 3.63) is 53.6 Å². The van der Waals surface area contributed by atoms with Gasteiger partial charge in [0.25, 0.3) is 0 Å². The van der Waals surface area contributed by atoms with Gasteiger partial charge in [-0.1, -0.05) is 23.9 Å². The molecule has 2 unspecified atom stereocenters. The van der Waals surface area contributed by atoms with Crippen LogP contribution in [0.2, 0.25) is 0 Å². The predicted molar refractivity (Wildman–Crippen MR) is 118 cm³/mol. The van der Waals surface area contributed by atoms with Crippen molar-refractivity contribution in [2.24, 2.45) is 0 Å². The van der Waals surface area contributed by atoms with Crippen LogP contribution in [0.3, 0.4) is 0 Å². The number of ether oxygens (including phenoxy) is 3. The van der Waals surface area contributed by atoms with E-state index in [0.29, 0.717) is 18.8 Å². The van der Waals surface area contributed by atoms with Gasteiger partial charge in [0.05, 0.1) is 5.25 Å². The van der Waals surface area contributed by atoms with Crippen molar-refractivity contribution in [2.75, 3.05) is 6.61 Å². The van der Waals surface area contributed by atoms with E-state index in [9.17, 15) is 9.59 Å². The SMILES string of the molecule is CC(=O)Oc1ccc2c(c1)CCC(C)(COc1ccc(CC3SC(=N)NC3=O)cc1)O2. The lowest BCUT2D eigenvalue weighted by Gasteiger charge is -2.35. The average molecular weight is 441 g/mol. The van der Waals surface area contributed by atoms with Gasteiger partial charge in [-0.15, -0.1) is 0 Å². The average Bonchev–Trinajstić information content (AvgIpc) is 3.04. The molecule has 4 rings (SSSR count). The predicted octanol–water partition coefficient (Wildman–Crippen LogP) is 3.48. The van der Waals surface area contributed by atoms with E-state index in [0.717, 1.165) is 35.5 Å². The number of amidine groups is 1. The Kier molecular flexibility index (Phi) is 5.91. The molecular formula is C23H24N2O5S. The summed E-state index contributed by atoms with van der Waals surface area (Å²) in [4.78, 5) is 22.9. The summed E-state index contributed by atoms with van der Waals surface area (Å²) in [5.74, 6) is 1.59. The van der Waals surface area contributed by atoms with E-state index in [1.54, 1.807) is 6.07 Å². The van der Waals surface area contributed by atoms with Gasteiger partial charge in [-0.2, -0.15) is 0 Å². The normalized spacial score (nSPS) is 22.3. The highest BCUT2D eigenvalue weighted by Gasteiger charge is 2.33. The Bertz CT molecular complexity index is 1020. The summed E-state index contributed by atoms with van der Waals surface area (Å²) >= 11 is 1.25. The molecule has 0 bridgehead atoms. The second kappa shape index (κ2) is 8.63. The lowest BCUT2D eigenvalue weighted by Crippen LogP contribution is -2.42. The van der Waals surface area contributed by atoms with Gasteiger partial charge in [0.15, 0.2) is 5.17 Å². The van der Waals surface area contributed by atoms with Gasteiger partial charge in [0.1, 0.15) is 29.5 Å². The number of hydrogen-bond donors (Lipinski definition) is 2. The van der Waals surface area contributed by atoms with Crippen molar-refractivity contribution >= 4 is 28.8 Å². The molecule has 2 aliphatic heterocycles. The molecule has 7 nitrogen and oxygen atoms in total. The smallest absolute Gasteiger partial charge is 0.308 e. The summed E-state index contributed by atoms with van der Waals surface area (Å²) in [5.41, 5.74) is 1.57. The van der Waals surface area contributed by atoms with Gasteiger partial charge in [0.2, 0.25) is 5.91 Å². The number of carbonyl (C=O) groups excluding carboxylic acids is 2. The molecule has 1 saturated heterocycles. The van der Waals surface area contributed by atoms with E-state index in [4.69, 9.17) is 19.6 Å². The molecule has 1 amide bonds. The summed E-state index contributed by atoms with van der Waals surface area (Å²) in [5, 5.41) is 10.0. The molecule has 8 heteroatoms. The summed E-state index contributed by atoms with van der Waals surface area (Å²) in [6.07, 6.45) is 2.16. The third kappa shape index (κ3) is 5.19. The summed E-state index contributed by atoms with van der Waals surface area (Å²) in [7, 11) is 0. The Morgan fingerprint density at radius 3 is 2.68 bits per heavy atom. The maximum Gasteiger partial charge on any atom is 0.308 e. The molecule has 2 atom stereocenters. The lowest BCUT2D eigenvalue weighted by atomic mass is 9.93. The Balaban J connectivity index is 1.33. The largest absolute Gasteiger partial charge is 0.489 e. The highest BCUT2D eigenvalue weighted by molar-refractivity contribution is 8.15. The van der Waals surface area contributed by atoms with Gasteiger partial charge >= 0.3 is 5.97 Å². The number of esters is 1. The molecular weight excluding hydrogens is 416 g/mol. The second-order valence-electron chi connectivity index (χ2n) is 7.98. The van der Waals surface area contributed by atoms with Gasteiger partial charge < -0.3 is 19.5 Å². The monoisotopic (exact) mass is 440 g/mol. The standard InChI is InChI=1S/C23H24N2O5S/c1-14(26)29-18-7-8-19-16(12-18)9-10-23(2,30-19)13-28-17-5-3-15(4-6-17)11-20-21(27)25-22(24)31-20/h3-8,12,20H,9-11,13H2,1-2H3,(H2,24,25,27). The van der Waals surface area contributed by atoms with Crippen LogP contribution < -0.4 is 19.5 Å². The summed E-state index contributed by atoms with van der Waals surface area (Å²) in [6, 6.07) is 13.1. The first-order valence-corrected chi connectivity index (χ1v) is 11.0. The lowest BCUT2D eigenvalue weighted by molar-refractivity contribution is -0.131. The first kappa shape index (κ1) is 21.2. The van der Waals surface area contributed by atoms with Crippen LogP contribution in [0.4, 0.5) is 0 Å². The topological polar surface area (TPSA) is 97.7 Å². The Morgan fingerprint density at radius 2 is 2.00 bits per heavy atom. The Hall–Kier alpha value is -3.00. The maximum atomic E-state index is 11.8. The number of carbonyl (C=O) groups is 2. The molecule has 0 spiro atoms. The van der Waals surface area contributed by atoms with Crippen LogP contribution in [0.25, 0.3) is 0 Å². The fourth-order valence-corrected chi connectivity index (χ4v) is 4.51. The number of aryl methyl sites for hydroxylation is 1. The number of nitrogens with one attached hydrogen (secondary N) is 2. The van der Waals surface area contributed by atoms with Gasteiger partial charge in [-0.3, -0.25) is 15.0 Å². The summed E-state index contributed by atoms with van der Waals surface area (Å²) in [6.45, 7) is 3.80. The van der Waals surface area contributed by atoms with Crippen molar-refractivity contribution in [2.45, 2.75) is 44.0 Å². The zero-order chi connectivity index (χ0) is 22.0. The van der Waals surface area contributed by atoms with Crippen LogP contribution in [0.1, 0.15) is 31.4 Å². The van der Waals surface area contributed by atoms with E-state index < -0.39 is 5.60 Å². The third-order valence-electron chi connectivity index (χ3n) is 5.25. The van der Waals surface area contributed by atoms with Crippen LogP contribution in [-0.4, -0.2) is 34.5 Å². The highest BCUT2D eigenvalue weighted by atomic mass is 32.2. The molecule has 162 valence electrons. The molecule has 2 aromatic carbocycles. The highest BCUT2D eigenvalue weighted by Crippen LogP contribution is 2.36. The van der Waals surface area contributed by atoms with E-state index in [1.807, 2.05) is 43.3 Å². The zero-order valence-corrected chi connectivity index (χ0v) is 18.2. The first-order chi connectivity index (χ1) is 14.8. The number of fused-ring (bicyclic) bond motifs is 1. The number of thioether (sulfide) groups is 1. The van der Waals surface area contributed by atoms with Crippen molar-refractivity contribution in [3.8, 4) is 17.2 Å². The van der Waals surface area contributed by atoms with Crippen molar-refractivity contribution < 1.29 is 23.8 Å². The third-order valence-corrected chi connectivity index (χ3v) is 6.25. The molecule has 0 saturated carbocycles. The molecule has 0 radical (unpaired) electrons. The van der Waals surface area contributed by atoms with Crippen molar-refractivity contribution in [3.63, 3.8) is 0 Å². The minimum Gasteiger partial charge on any atom is -0.489 e. The zero-order valence-electron chi connectivity index (χ0n) is 17.4. The van der Waals surface area contributed by atoms with Crippen LogP contribution in [0, 0.1) is 5.41 Å². The van der Waals surface area contributed by atoms with Gasteiger partial charge in [-0.05, 0) is 67.6 Å². The fraction of sp³-hybridized carbons (Fsp3) is 0.348. The van der Waals surface area contributed by atoms with Crippen molar-refractivity contribution in [1.29, 1.82) is 5.41 Å². The van der Waals surface area contributed by atoms with Crippen LogP contribution >= 0.6 is 11.8 Å². The van der Waals surface area contributed by atoms with Crippen LogP contribution in [0.15, 0.2) is 42.5 Å². The molecule has 1 fully saturated rings. The van der Waals surface area contributed by atoms with Crippen LogP contribution in [0.5, 0.6) is 17.2 Å². The Labute approximate surface area is 185 Å². The van der Waals surface area contributed by atoms with E-state index >= 15 is 0 Å². The van der Waals surface area contributed by atoms with Crippen LogP contribution in [-0.2, 0) is 22.4 Å². The summed E-state index contributed by atoms with van der Waals surface area (Å²) < 4.78 is 17.3. The maximum absolute atomic E-state index is 11.8. The van der Waals surface area contributed by atoms with Crippen molar-refractivity contribution in [1.82, 2.24) is 5.32 Å². The molecule has 2 N–H and O–H groups in total. The molecule has 0 aromatic heterocycles. The number of amides is 1. The second-order valence-corrected chi connectivity index (χ2v) is 9.19. The molecule has 2 aromatic rings. The Morgan fingerprint density at radius 1 is 1.26 bits per heavy atom. The van der Waals surface area contributed by atoms with E-state index in [1.165, 1.54) is 18.7 Å². The minimum absolute atomic E-state index is 0.113. The fourth-order valence-electron chi connectivity index (χ4n) is 3.62. The van der Waals surface area contributed by atoms with E-state index in [-0.39, 0.29) is 22.3 Å². The minimum atomic E-state index is -0.465. The molecule has 2 aliphatic rings.